The summed E-state index contributed by atoms with van der Waals surface area (Å²) in [6.07, 6.45) is 1.51. The van der Waals surface area contributed by atoms with E-state index in [4.69, 9.17) is 9.16 Å². The number of aliphatic hydroxyl groups is 1. The molecule has 1 N–H and O–H groups in total. The Balaban J connectivity index is 2.12. The van der Waals surface area contributed by atoms with Crippen molar-refractivity contribution in [2.24, 2.45) is 0 Å². The van der Waals surface area contributed by atoms with Crippen LogP contribution in [0.2, 0.25) is 18.1 Å². The molecule has 0 amide bonds. The van der Waals surface area contributed by atoms with E-state index in [0.717, 1.165) is 16.6 Å². The van der Waals surface area contributed by atoms with E-state index in [9.17, 15) is 5.11 Å². The quantitative estimate of drug-likeness (QED) is 0.809. The van der Waals surface area contributed by atoms with Crippen LogP contribution in [0.25, 0.3) is 11.0 Å². The lowest BCUT2D eigenvalue weighted by Crippen LogP contribution is -2.42. The molecule has 0 saturated carbocycles. The van der Waals surface area contributed by atoms with Gasteiger partial charge in [-0.05, 0) is 29.8 Å². The molecule has 132 valence electrons. The minimum Gasteiger partial charge on any atom is -0.480 e. The van der Waals surface area contributed by atoms with Crippen molar-refractivity contribution in [1.29, 1.82) is 0 Å². The topological polar surface area (TPSA) is 64.5 Å². The lowest BCUT2D eigenvalue weighted by molar-refractivity contribution is 0.100. The van der Waals surface area contributed by atoms with Crippen molar-refractivity contribution in [1.82, 2.24) is 9.97 Å². The molecule has 1 aromatic heterocycles. The first-order valence-electron chi connectivity index (χ1n) is 8.25. The molecular formula is C18H28N2O3Si. The van der Waals surface area contributed by atoms with E-state index < -0.39 is 14.4 Å². The number of para-hydroxylation sites is 1. The summed E-state index contributed by atoms with van der Waals surface area (Å²) in [7, 11) is -0.291. The fourth-order valence-electron chi connectivity index (χ4n) is 2.17. The molecule has 0 spiro atoms. The predicted octanol–water partition coefficient (Wildman–Crippen LogP) is 3.56. The number of nitrogens with zero attached hydrogens (tertiary/aromatic N) is 2. The summed E-state index contributed by atoms with van der Waals surface area (Å²) in [5.41, 5.74) is 2.51. The first-order valence-corrected chi connectivity index (χ1v) is 11.2. The predicted molar refractivity (Wildman–Crippen MR) is 98.9 cm³/mol. The second kappa shape index (κ2) is 7.17. The number of benzene rings is 1. The molecule has 1 atom stereocenters. The standard InChI is InChI=1S/C18H28N2O3Si/c1-18(2,3)24(5,6)23-12-14(21)10-13-8-7-9-15-17(13)20-16(22-4)11-19-15/h7-9,11,14,21H,10,12H2,1-6H3/t14-/m1/s1. The molecule has 0 radical (unpaired) electrons. The van der Waals surface area contributed by atoms with E-state index in [1.165, 1.54) is 0 Å². The van der Waals surface area contributed by atoms with E-state index >= 15 is 0 Å². The van der Waals surface area contributed by atoms with Crippen LogP contribution >= 0.6 is 0 Å². The fourth-order valence-corrected chi connectivity index (χ4v) is 3.21. The molecule has 2 rings (SSSR count). The van der Waals surface area contributed by atoms with Crippen LogP contribution in [-0.4, -0.2) is 43.2 Å². The third-order valence-corrected chi connectivity index (χ3v) is 9.24. The molecule has 0 fully saturated rings. The normalized spacial score (nSPS) is 14.0. The lowest BCUT2D eigenvalue weighted by atomic mass is 10.1. The van der Waals surface area contributed by atoms with Gasteiger partial charge in [0.25, 0.3) is 0 Å². The van der Waals surface area contributed by atoms with Crippen molar-refractivity contribution in [2.75, 3.05) is 13.7 Å². The monoisotopic (exact) mass is 348 g/mol. The van der Waals surface area contributed by atoms with Gasteiger partial charge in [-0.2, -0.15) is 0 Å². The summed E-state index contributed by atoms with van der Waals surface area (Å²) in [4.78, 5) is 8.81. The highest BCUT2D eigenvalue weighted by Crippen LogP contribution is 2.36. The first kappa shape index (κ1) is 18.8. The second-order valence-electron chi connectivity index (χ2n) is 7.63. The van der Waals surface area contributed by atoms with Gasteiger partial charge in [-0.1, -0.05) is 32.9 Å². The van der Waals surface area contributed by atoms with Crippen molar-refractivity contribution < 1.29 is 14.3 Å². The molecule has 24 heavy (non-hydrogen) atoms. The number of aliphatic hydroxyl groups excluding tert-OH is 1. The maximum absolute atomic E-state index is 10.4. The third kappa shape index (κ3) is 4.31. The van der Waals surface area contributed by atoms with Crippen LogP contribution in [0.15, 0.2) is 24.4 Å². The summed E-state index contributed by atoms with van der Waals surface area (Å²) in [6.45, 7) is 11.3. The largest absolute Gasteiger partial charge is 0.480 e. The Bertz CT molecular complexity index is 698. The van der Waals surface area contributed by atoms with Crippen LogP contribution in [0.3, 0.4) is 0 Å². The molecule has 2 aromatic rings. The number of hydrogen-bond donors (Lipinski definition) is 1. The van der Waals surface area contributed by atoms with Crippen molar-refractivity contribution in [3.8, 4) is 5.88 Å². The lowest BCUT2D eigenvalue weighted by Gasteiger charge is -2.36. The van der Waals surface area contributed by atoms with E-state index in [1.54, 1.807) is 13.3 Å². The Kier molecular flexibility index (Phi) is 5.62. The van der Waals surface area contributed by atoms with E-state index in [-0.39, 0.29) is 5.04 Å². The third-order valence-electron chi connectivity index (χ3n) is 4.74. The first-order chi connectivity index (χ1) is 11.1. The number of fused-ring (bicyclic) bond motifs is 1. The van der Waals surface area contributed by atoms with Crippen LogP contribution in [0, 0.1) is 0 Å². The van der Waals surface area contributed by atoms with Gasteiger partial charge in [0, 0.05) is 6.42 Å². The molecule has 0 aliphatic heterocycles. The highest BCUT2D eigenvalue weighted by molar-refractivity contribution is 6.74. The summed E-state index contributed by atoms with van der Waals surface area (Å²) < 4.78 is 11.3. The van der Waals surface area contributed by atoms with Crippen LogP contribution in [-0.2, 0) is 10.8 Å². The minimum atomic E-state index is -1.86. The Morgan fingerprint density at radius 3 is 2.58 bits per heavy atom. The van der Waals surface area contributed by atoms with E-state index in [0.29, 0.717) is 18.9 Å². The smallest absolute Gasteiger partial charge is 0.232 e. The molecule has 0 aliphatic carbocycles. The zero-order chi connectivity index (χ0) is 18.0. The molecule has 1 aromatic carbocycles. The van der Waals surface area contributed by atoms with Gasteiger partial charge in [0.1, 0.15) is 0 Å². The number of hydrogen-bond acceptors (Lipinski definition) is 5. The average molecular weight is 349 g/mol. The zero-order valence-corrected chi connectivity index (χ0v) is 16.5. The van der Waals surface area contributed by atoms with Crippen LogP contribution < -0.4 is 4.74 Å². The Labute approximate surface area is 145 Å². The maximum atomic E-state index is 10.4. The minimum absolute atomic E-state index is 0.130. The van der Waals surface area contributed by atoms with Crippen molar-refractivity contribution >= 4 is 19.4 Å². The molecule has 0 unspecified atom stereocenters. The molecule has 6 heteroatoms. The molecule has 0 saturated heterocycles. The van der Waals surface area contributed by atoms with Gasteiger partial charge in [-0.3, -0.25) is 0 Å². The van der Waals surface area contributed by atoms with Gasteiger partial charge < -0.3 is 14.3 Å². The van der Waals surface area contributed by atoms with Gasteiger partial charge in [-0.25, -0.2) is 9.97 Å². The average Bonchev–Trinajstić information content (AvgIpc) is 2.52. The van der Waals surface area contributed by atoms with Gasteiger partial charge in [0.15, 0.2) is 8.32 Å². The highest BCUT2D eigenvalue weighted by atomic mass is 28.4. The number of rotatable bonds is 6. The van der Waals surface area contributed by atoms with Crippen LogP contribution in [0.5, 0.6) is 5.88 Å². The van der Waals surface area contributed by atoms with E-state index in [1.807, 2.05) is 18.2 Å². The Morgan fingerprint density at radius 2 is 1.96 bits per heavy atom. The Hall–Kier alpha value is -1.50. The summed E-state index contributed by atoms with van der Waals surface area (Å²) >= 11 is 0. The second-order valence-corrected chi connectivity index (χ2v) is 12.4. The fraction of sp³-hybridized carbons (Fsp3) is 0.556. The van der Waals surface area contributed by atoms with Gasteiger partial charge in [0.05, 0.1) is 37.1 Å². The van der Waals surface area contributed by atoms with Crippen molar-refractivity contribution in [2.45, 2.75) is 51.4 Å². The number of methoxy groups -OCH3 is 1. The molecule has 5 nitrogen and oxygen atoms in total. The Morgan fingerprint density at radius 1 is 1.25 bits per heavy atom. The van der Waals surface area contributed by atoms with Crippen molar-refractivity contribution in [3.63, 3.8) is 0 Å². The van der Waals surface area contributed by atoms with Gasteiger partial charge in [0.2, 0.25) is 5.88 Å². The number of ether oxygens (including phenoxy) is 1. The maximum Gasteiger partial charge on any atom is 0.232 e. The van der Waals surface area contributed by atoms with Gasteiger partial charge in [-0.15, -0.1) is 0 Å². The van der Waals surface area contributed by atoms with Crippen LogP contribution in [0.4, 0.5) is 0 Å². The summed E-state index contributed by atoms with van der Waals surface area (Å²) in [5.74, 6) is 0.474. The van der Waals surface area contributed by atoms with Crippen LogP contribution in [0.1, 0.15) is 26.3 Å². The SMILES string of the molecule is COc1cnc2cccc(C[C@@H](O)CO[Si](C)(C)C(C)(C)C)c2n1. The van der Waals surface area contributed by atoms with Gasteiger partial charge >= 0.3 is 0 Å². The molecule has 1 heterocycles. The van der Waals surface area contributed by atoms with E-state index in [2.05, 4.69) is 43.8 Å². The molecule has 0 aliphatic rings. The summed E-state index contributed by atoms with van der Waals surface area (Å²) in [5, 5.41) is 10.6. The van der Waals surface area contributed by atoms with Crippen molar-refractivity contribution in [3.05, 3.63) is 30.0 Å². The highest BCUT2D eigenvalue weighted by Gasteiger charge is 2.37. The molecular weight excluding hydrogens is 320 g/mol. The number of aromatic nitrogens is 2. The molecule has 0 bridgehead atoms. The summed E-state index contributed by atoms with van der Waals surface area (Å²) in [6, 6.07) is 5.80. The zero-order valence-electron chi connectivity index (χ0n) is 15.5.